The molecular formula is C15H22N4O. The Balaban J connectivity index is 1.83. The standard InChI is InChI=1S/C15H22N4O/c1-4-15(2,3)14(20)16-10-7-9-13-18-17-12-8-5-6-11-19(12)13/h5-6,8,11H,4,7,9-10H2,1-3H3,(H,16,20). The van der Waals surface area contributed by atoms with Crippen LogP contribution in [0.25, 0.3) is 5.65 Å². The summed E-state index contributed by atoms with van der Waals surface area (Å²) in [4.78, 5) is 11.9. The summed E-state index contributed by atoms with van der Waals surface area (Å²) in [6.45, 7) is 6.63. The van der Waals surface area contributed by atoms with Gasteiger partial charge in [0.2, 0.25) is 5.91 Å². The summed E-state index contributed by atoms with van der Waals surface area (Å²) < 4.78 is 1.98. The predicted octanol–water partition coefficient (Wildman–Crippen LogP) is 2.21. The zero-order chi connectivity index (χ0) is 14.6. The maximum absolute atomic E-state index is 11.9. The number of rotatable bonds is 6. The summed E-state index contributed by atoms with van der Waals surface area (Å²) in [5.74, 6) is 1.05. The Morgan fingerprint density at radius 3 is 2.90 bits per heavy atom. The molecule has 1 N–H and O–H groups in total. The van der Waals surface area contributed by atoms with Crippen molar-refractivity contribution in [3.8, 4) is 0 Å². The van der Waals surface area contributed by atoms with Gasteiger partial charge in [-0.3, -0.25) is 9.20 Å². The lowest BCUT2D eigenvalue weighted by atomic mass is 9.89. The SMILES string of the molecule is CCC(C)(C)C(=O)NCCCc1nnc2ccccn12. The molecule has 0 fully saturated rings. The van der Waals surface area contributed by atoms with Gasteiger partial charge >= 0.3 is 0 Å². The highest BCUT2D eigenvalue weighted by Crippen LogP contribution is 2.19. The van der Waals surface area contributed by atoms with Crippen LogP contribution in [0.1, 0.15) is 39.4 Å². The van der Waals surface area contributed by atoms with Crippen LogP contribution < -0.4 is 5.32 Å². The molecule has 0 unspecified atom stereocenters. The van der Waals surface area contributed by atoms with Gasteiger partial charge in [-0.2, -0.15) is 0 Å². The van der Waals surface area contributed by atoms with Crippen LogP contribution >= 0.6 is 0 Å². The van der Waals surface area contributed by atoms with E-state index in [9.17, 15) is 4.79 Å². The van der Waals surface area contributed by atoms with Crippen LogP contribution in [-0.4, -0.2) is 27.0 Å². The molecule has 0 aromatic carbocycles. The first-order chi connectivity index (χ1) is 9.54. The Morgan fingerprint density at radius 2 is 2.15 bits per heavy atom. The minimum Gasteiger partial charge on any atom is -0.356 e. The van der Waals surface area contributed by atoms with Crippen molar-refractivity contribution in [2.75, 3.05) is 6.54 Å². The zero-order valence-corrected chi connectivity index (χ0v) is 12.4. The number of nitrogens with zero attached hydrogens (tertiary/aromatic N) is 3. The number of carbonyl (C=O) groups excluding carboxylic acids is 1. The van der Waals surface area contributed by atoms with Crippen molar-refractivity contribution < 1.29 is 4.79 Å². The highest BCUT2D eigenvalue weighted by molar-refractivity contribution is 5.81. The predicted molar refractivity (Wildman–Crippen MR) is 78.4 cm³/mol. The summed E-state index contributed by atoms with van der Waals surface area (Å²) in [6, 6.07) is 5.84. The second-order valence-electron chi connectivity index (χ2n) is 5.64. The average molecular weight is 274 g/mol. The van der Waals surface area contributed by atoms with E-state index in [-0.39, 0.29) is 11.3 Å². The molecule has 0 saturated heterocycles. The minimum absolute atomic E-state index is 0.117. The summed E-state index contributed by atoms with van der Waals surface area (Å²) in [5, 5.41) is 11.3. The first-order valence-electron chi connectivity index (χ1n) is 7.11. The van der Waals surface area contributed by atoms with Crippen LogP contribution in [0.3, 0.4) is 0 Å². The molecule has 0 aliphatic heterocycles. The van der Waals surface area contributed by atoms with Gasteiger partial charge in [-0.1, -0.05) is 26.8 Å². The van der Waals surface area contributed by atoms with Crippen molar-refractivity contribution in [1.82, 2.24) is 19.9 Å². The Kier molecular flexibility index (Phi) is 4.37. The Bertz CT molecular complexity index is 588. The van der Waals surface area contributed by atoms with E-state index in [1.165, 1.54) is 0 Å². The fraction of sp³-hybridized carbons (Fsp3) is 0.533. The number of aryl methyl sites for hydroxylation is 1. The van der Waals surface area contributed by atoms with Crippen LogP contribution in [0.2, 0.25) is 0 Å². The van der Waals surface area contributed by atoms with E-state index in [2.05, 4.69) is 15.5 Å². The minimum atomic E-state index is -0.290. The Labute approximate surface area is 119 Å². The van der Waals surface area contributed by atoms with Crippen molar-refractivity contribution in [3.05, 3.63) is 30.2 Å². The number of amides is 1. The average Bonchev–Trinajstić information content (AvgIpc) is 2.86. The van der Waals surface area contributed by atoms with E-state index in [1.54, 1.807) is 0 Å². The number of hydrogen-bond donors (Lipinski definition) is 1. The highest BCUT2D eigenvalue weighted by atomic mass is 16.2. The first-order valence-corrected chi connectivity index (χ1v) is 7.11. The molecule has 2 aromatic heterocycles. The van der Waals surface area contributed by atoms with E-state index in [0.29, 0.717) is 6.54 Å². The molecule has 0 saturated carbocycles. The number of carbonyl (C=O) groups is 1. The lowest BCUT2D eigenvalue weighted by Gasteiger charge is -2.21. The lowest BCUT2D eigenvalue weighted by molar-refractivity contribution is -0.129. The van der Waals surface area contributed by atoms with Gasteiger partial charge < -0.3 is 5.32 Å². The van der Waals surface area contributed by atoms with E-state index < -0.39 is 0 Å². The third-order valence-electron chi connectivity index (χ3n) is 3.75. The largest absolute Gasteiger partial charge is 0.356 e. The molecule has 2 rings (SSSR count). The van der Waals surface area contributed by atoms with Gasteiger partial charge in [-0.05, 0) is 25.0 Å². The molecule has 5 nitrogen and oxygen atoms in total. The van der Waals surface area contributed by atoms with Crippen LogP contribution in [-0.2, 0) is 11.2 Å². The van der Waals surface area contributed by atoms with Gasteiger partial charge in [0, 0.05) is 24.6 Å². The number of nitrogens with one attached hydrogen (secondary N) is 1. The monoisotopic (exact) mass is 274 g/mol. The summed E-state index contributed by atoms with van der Waals surface area (Å²) in [7, 11) is 0. The van der Waals surface area contributed by atoms with Gasteiger partial charge in [0.05, 0.1) is 0 Å². The third kappa shape index (κ3) is 3.15. The molecule has 1 amide bonds. The second kappa shape index (κ2) is 6.03. The van der Waals surface area contributed by atoms with Crippen LogP contribution in [0, 0.1) is 5.41 Å². The number of fused-ring (bicyclic) bond motifs is 1. The van der Waals surface area contributed by atoms with Crippen molar-refractivity contribution in [2.24, 2.45) is 5.41 Å². The van der Waals surface area contributed by atoms with E-state index in [0.717, 1.165) is 30.7 Å². The van der Waals surface area contributed by atoms with Crippen molar-refractivity contribution in [2.45, 2.75) is 40.0 Å². The number of aromatic nitrogens is 3. The summed E-state index contributed by atoms with van der Waals surface area (Å²) in [6.07, 6.45) is 4.47. The van der Waals surface area contributed by atoms with E-state index in [1.807, 2.05) is 49.6 Å². The topological polar surface area (TPSA) is 59.3 Å². The van der Waals surface area contributed by atoms with E-state index >= 15 is 0 Å². The maximum atomic E-state index is 11.9. The molecule has 2 aromatic rings. The van der Waals surface area contributed by atoms with Crippen molar-refractivity contribution >= 4 is 11.6 Å². The lowest BCUT2D eigenvalue weighted by Crippen LogP contribution is -2.37. The quantitative estimate of drug-likeness (QED) is 0.822. The molecule has 0 atom stereocenters. The summed E-state index contributed by atoms with van der Waals surface area (Å²) >= 11 is 0. The van der Waals surface area contributed by atoms with Crippen molar-refractivity contribution in [3.63, 3.8) is 0 Å². The highest BCUT2D eigenvalue weighted by Gasteiger charge is 2.24. The molecule has 0 radical (unpaired) electrons. The zero-order valence-electron chi connectivity index (χ0n) is 12.4. The van der Waals surface area contributed by atoms with E-state index in [4.69, 9.17) is 0 Å². The molecule has 5 heteroatoms. The van der Waals surface area contributed by atoms with Gasteiger partial charge in [0.25, 0.3) is 0 Å². The van der Waals surface area contributed by atoms with Crippen LogP contribution in [0.5, 0.6) is 0 Å². The fourth-order valence-electron chi connectivity index (χ4n) is 1.91. The van der Waals surface area contributed by atoms with Gasteiger partial charge in [0.15, 0.2) is 5.65 Å². The number of hydrogen-bond acceptors (Lipinski definition) is 3. The fourth-order valence-corrected chi connectivity index (χ4v) is 1.91. The first kappa shape index (κ1) is 14.5. The van der Waals surface area contributed by atoms with Crippen LogP contribution in [0.4, 0.5) is 0 Å². The molecule has 108 valence electrons. The molecule has 0 spiro atoms. The Hall–Kier alpha value is -1.91. The van der Waals surface area contributed by atoms with Crippen LogP contribution in [0.15, 0.2) is 24.4 Å². The third-order valence-corrected chi connectivity index (χ3v) is 3.75. The molecular weight excluding hydrogens is 252 g/mol. The summed E-state index contributed by atoms with van der Waals surface area (Å²) in [5.41, 5.74) is 0.570. The second-order valence-corrected chi connectivity index (χ2v) is 5.64. The molecule has 0 aliphatic carbocycles. The maximum Gasteiger partial charge on any atom is 0.225 e. The normalized spacial score (nSPS) is 11.8. The van der Waals surface area contributed by atoms with Gasteiger partial charge in [0.1, 0.15) is 5.82 Å². The molecule has 20 heavy (non-hydrogen) atoms. The molecule has 0 aliphatic rings. The number of pyridine rings is 1. The smallest absolute Gasteiger partial charge is 0.225 e. The van der Waals surface area contributed by atoms with Gasteiger partial charge in [-0.15, -0.1) is 10.2 Å². The molecule has 2 heterocycles. The molecule has 0 bridgehead atoms. The van der Waals surface area contributed by atoms with Crippen molar-refractivity contribution in [1.29, 1.82) is 0 Å². The van der Waals surface area contributed by atoms with Gasteiger partial charge in [-0.25, -0.2) is 0 Å². The Morgan fingerprint density at radius 1 is 1.35 bits per heavy atom.